The van der Waals surface area contributed by atoms with Crippen LogP contribution in [0.5, 0.6) is 0 Å². The first kappa shape index (κ1) is 22.2. The van der Waals surface area contributed by atoms with Gasteiger partial charge in [-0.15, -0.1) is 0 Å². The summed E-state index contributed by atoms with van der Waals surface area (Å²) in [4.78, 5) is 37.3. The SMILES string of the molecule is C=C(C(=O)OC)C(CN(Cc1ccccc1)C(=O)OC(C)(C)C)OC(C)=O. The molecule has 0 saturated carbocycles. The molecule has 0 aliphatic heterocycles. The summed E-state index contributed by atoms with van der Waals surface area (Å²) in [6, 6.07) is 9.27. The maximum absolute atomic E-state index is 12.7. The lowest BCUT2D eigenvalue weighted by molar-refractivity contribution is -0.147. The summed E-state index contributed by atoms with van der Waals surface area (Å²) >= 11 is 0. The second kappa shape index (κ2) is 9.75. The number of carbonyl (C=O) groups is 3. The second-order valence-corrected chi connectivity index (χ2v) is 6.96. The summed E-state index contributed by atoms with van der Waals surface area (Å²) in [5, 5.41) is 0. The molecule has 148 valence electrons. The topological polar surface area (TPSA) is 82.1 Å². The maximum atomic E-state index is 12.7. The Bertz CT molecular complexity index is 677. The fourth-order valence-corrected chi connectivity index (χ4v) is 2.22. The molecule has 0 bridgehead atoms. The largest absolute Gasteiger partial charge is 0.466 e. The summed E-state index contributed by atoms with van der Waals surface area (Å²) in [7, 11) is 1.20. The number of amides is 1. The molecule has 7 heteroatoms. The minimum absolute atomic E-state index is 0.0608. The standard InChI is InChI=1S/C20H27NO6/c1-14(18(23)25-6)17(26-15(2)22)13-21(19(24)27-20(3,4)5)12-16-10-8-7-9-11-16/h7-11,17H,1,12-13H2,2-6H3. The normalized spacial score (nSPS) is 11.9. The highest BCUT2D eigenvalue weighted by atomic mass is 16.6. The number of methoxy groups -OCH3 is 1. The van der Waals surface area contributed by atoms with Crippen LogP contribution in [0.15, 0.2) is 42.5 Å². The Labute approximate surface area is 159 Å². The predicted molar refractivity (Wildman–Crippen MR) is 99.8 cm³/mol. The van der Waals surface area contributed by atoms with Crippen LogP contribution in [0.25, 0.3) is 0 Å². The van der Waals surface area contributed by atoms with Crippen molar-refractivity contribution in [3.63, 3.8) is 0 Å². The molecule has 0 aromatic heterocycles. The Kier molecular flexibility index (Phi) is 8.02. The molecular weight excluding hydrogens is 350 g/mol. The van der Waals surface area contributed by atoms with Crippen LogP contribution in [0.2, 0.25) is 0 Å². The molecule has 1 amide bonds. The highest BCUT2D eigenvalue weighted by Crippen LogP contribution is 2.16. The van der Waals surface area contributed by atoms with E-state index in [1.165, 1.54) is 18.9 Å². The lowest BCUT2D eigenvalue weighted by Crippen LogP contribution is -2.43. The van der Waals surface area contributed by atoms with E-state index in [0.29, 0.717) is 0 Å². The van der Waals surface area contributed by atoms with E-state index in [9.17, 15) is 14.4 Å². The highest BCUT2D eigenvalue weighted by molar-refractivity contribution is 5.89. The maximum Gasteiger partial charge on any atom is 0.410 e. The Balaban J connectivity index is 3.09. The molecule has 1 rings (SSSR count). The van der Waals surface area contributed by atoms with Crippen LogP contribution in [0.4, 0.5) is 4.79 Å². The molecule has 27 heavy (non-hydrogen) atoms. The Morgan fingerprint density at radius 3 is 2.22 bits per heavy atom. The van der Waals surface area contributed by atoms with Crippen LogP contribution >= 0.6 is 0 Å². The molecular formula is C20H27NO6. The van der Waals surface area contributed by atoms with Crippen molar-refractivity contribution < 1.29 is 28.6 Å². The van der Waals surface area contributed by atoms with Crippen molar-refractivity contribution in [3.05, 3.63) is 48.0 Å². The Morgan fingerprint density at radius 2 is 1.74 bits per heavy atom. The van der Waals surface area contributed by atoms with Crippen LogP contribution in [-0.4, -0.2) is 48.3 Å². The van der Waals surface area contributed by atoms with Gasteiger partial charge in [-0.25, -0.2) is 9.59 Å². The van der Waals surface area contributed by atoms with E-state index in [2.05, 4.69) is 11.3 Å². The van der Waals surface area contributed by atoms with E-state index >= 15 is 0 Å². The number of esters is 2. The first-order valence-electron chi connectivity index (χ1n) is 8.49. The van der Waals surface area contributed by atoms with Gasteiger partial charge in [-0.05, 0) is 26.3 Å². The van der Waals surface area contributed by atoms with Gasteiger partial charge in [0.25, 0.3) is 0 Å². The number of benzene rings is 1. The number of hydrogen-bond donors (Lipinski definition) is 0. The Hall–Kier alpha value is -2.83. The van der Waals surface area contributed by atoms with Crippen molar-refractivity contribution in [1.29, 1.82) is 0 Å². The van der Waals surface area contributed by atoms with Crippen molar-refractivity contribution in [2.45, 2.75) is 45.9 Å². The summed E-state index contributed by atoms with van der Waals surface area (Å²) in [6.07, 6.45) is -1.65. The predicted octanol–water partition coefficient (Wildman–Crippen LogP) is 3.08. The molecule has 1 atom stereocenters. The average Bonchev–Trinajstić information content (AvgIpc) is 2.58. The fourth-order valence-electron chi connectivity index (χ4n) is 2.22. The van der Waals surface area contributed by atoms with Crippen molar-refractivity contribution in [2.24, 2.45) is 0 Å². The minimum atomic E-state index is -1.05. The van der Waals surface area contributed by atoms with E-state index in [1.54, 1.807) is 20.8 Å². The van der Waals surface area contributed by atoms with Gasteiger partial charge < -0.3 is 14.2 Å². The van der Waals surface area contributed by atoms with Gasteiger partial charge in [0.2, 0.25) is 0 Å². The summed E-state index contributed by atoms with van der Waals surface area (Å²) in [6.45, 7) is 10.2. The van der Waals surface area contributed by atoms with E-state index in [0.717, 1.165) is 5.56 Å². The fraction of sp³-hybridized carbons (Fsp3) is 0.450. The van der Waals surface area contributed by atoms with Crippen molar-refractivity contribution >= 4 is 18.0 Å². The molecule has 0 N–H and O–H groups in total. The molecule has 7 nitrogen and oxygen atoms in total. The molecule has 0 saturated heterocycles. The third-order valence-corrected chi connectivity index (χ3v) is 3.40. The number of ether oxygens (including phenoxy) is 3. The molecule has 1 aromatic carbocycles. The highest BCUT2D eigenvalue weighted by Gasteiger charge is 2.30. The lowest BCUT2D eigenvalue weighted by Gasteiger charge is -2.30. The number of rotatable bonds is 7. The van der Waals surface area contributed by atoms with Gasteiger partial charge in [0.05, 0.1) is 19.2 Å². The molecule has 0 aliphatic carbocycles. The number of nitrogens with zero attached hydrogens (tertiary/aromatic N) is 1. The van der Waals surface area contributed by atoms with Crippen molar-refractivity contribution in [1.82, 2.24) is 4.90 Å². The van der Waals surface area contributed by atoms with Crippen LogP contribution in [0, 0.1) is 0 Å². The van der Waals surface area contributed by atoms with Crippen molar-refractivity contribution in [2.75, 3.05) is 13.7 Å². The van der Waals surface area contributed by atoms with Gasteiger partial charge >= 0.3 is 18.0 Å². The zero-order valence-electron chi connectivity index (χ0n) is 16.5. The van der Waals surface area contributed by atoms with E-state index in [-0.39, 0.29) is 18.7 Å². The molecule has 1 aromatic rings. The second-order valence-electron chi connectivity index (χ2n) is 6.96. The third-order valence-electron chi connectivity index (χ3n) is 3.40. The van der Waals surface area contributed by atoms with Crippen LogP contribution in [0.1, 0.15) is 33.3 Å². The van der Waals surface area contributed by atoms with Gasteiger partial charge in [0, 0.05) is 13.5 Å². The molecule has 0 fully saturated rings. The summed E-state index contributed by atoms with van der Waals surface area (Å²) < 4.78 is 15.3. The van der Waals surface area contributed by atoms with Gasteiger partial charge in [-0.3, -0.25) is 9.69 Å². The van der Waals surface area contributed by atoms with E-state index < -0.39 is 29.7 Å². The smallest absolute Gasteiger partial charge is 0.410 e. The molecule has 0 spiro atoms. The van der Waals surface area contributed by atoms with Gasteiger partial charge in [-0.1, -0.05) is 36.9 Å². The van der Waals surface area contributed by atoms with Crippen LogP contribution in [-0.2, 0) is 30.3 Å². The van der Waals surface area contributed by atoms with E-state index in [1.807, 2.05) is 30.3 Å². The first-order valence-corrected chi connectivity index (χ1v) is 8.49. The minimum Gasteiger partial charge on any atom is -0.466 e. The number of hydrogen-bond acceptors (Lipinski definition) is 6. The third kappa shape index (κ3) is 7.94. The van der Waals surface area contributed by atoms with Crippen LogP contribution < -0.4 is 0 Å². The van der Waals surface area contributed by atoms with Gasteiger partial charge in [-0.2, -0.15) is 0 Å². The average molecular weight is 377 g/mol. The van der Waals surface area contributed by atoms with E-state index in [4.69, 9.17) is 9.47 Å². The van der Waals surface area contributed by atoms with Crippen LogP contribution in [0.3, 0.4) is 0 Å². The number of carbonyl (C=O) groups excluding carboxylic acids is 3. The summed E-state index contributed by atoms with van der Waals surface area (Å²) in [5.74, 6) is -1.32. The quantitative estimate of drug-likeness (QED) is 0.413. The summed E-state index contributed by atoms with van der Waals surface area (Å²) in [5.41, 5.74) is 0.0883. The molecule has 1 unspecified atom stereocenters. The molecule has 0 radical (unpaired) electrons. The first-order chi connectivity index (χ1) is 12.5. The lowest BCUT2D eigenvalue weighted by atomic mass is 10.1. The monoisotopic (exact) mass is 377 g/mol. The van der Waals surface area contributed by atoms with Crippen molar-refractivity contribution in [3.8, 4) is 0 Å². The zero-order valence-corrected chi connectivity index (χ0v) is 16.5. The molecule has 0 aliphatic rings. The molecule has 0 heterocycles. The van der Waals surface area contributed by atoms with Gasteiger partial charge in [0.1, 0.15) is 5.60 Å². The Morgan fingerprint density at radius 1 is 1.15 bits per heavy atom. The van der Waals surface area contributed by atoms with Gasteiger partial charge in [0.15, 0.2) is 6.10 Å². The zero-order chi connectivity index (χ0) is 20.6.